The average molecular weight is 265 g/mol. The molecular formula is C14H14ClFN2. The second-order valence-electron chi connectivity index (χ2n) is 4.03. The van der Waals surface area contributed by atoms with Crippen molar-refractivity contribution in [2.45, 2.75) is 6.04 Å². The summed E-state index contributed by atoms with van der Waals surface area (Å²) in [5, 5.41) is 3.14. The Morgan fingerprint density at radius 3 is 2.56 bits per heavy atom. The van der Waals surface area contributed by atoms with Crippen molar-refractivity contribution in [1.82, 2.24) is 0 Å². The molecule has 0 aliphatic carbocycles. The number of anilines is 1. The van der Waals surface area contributed by atoms with E-state index in [4.69, 9.17) is 17.3 Å². The van der Waals surface area contributed by atoms with Crippen molar-refractivity contribution in [1.29, 1.82) is 0 Å². The summed E-state index contributed by atoms with van der Waals surface area (Å²) in [5.41, 5.74) is 8.87. The van der Waals surface area contributed by atoms with Crippen LogP contribution in [0.4, 0.5) is 10.1 Å². The van der Waals surface area contributed by atoms with Crippen LogP contribution in [-0.2, 0) is 0 Å². The van der Waals surface area contributed by atoms with E-state index in [1.54, 1.807) is 12.1 Å². The lowest BCUT2D eigenvalue weighted by molar-refractivity contribution is 0.627. The van der Waals surface area contributed by atoms with Crippen LogP contribution in [0.2, 0.25) is 5.02 Å². The summed E-state index contributed by atoms with van der Waals surface area (Å²) >= 11 is 5.76. The Labute approximate surface area is 111 Å². The third-order valence-electron chi connectivity index (χ3n) is 2.84. The molecule has 0 saturated carbocycles. The van der Waals surface area contributed by atoms with Crippen molar-refractivity contribution in [2.24, 2.45) is 5.73 Å². The molecule has 2 aromatic carbocycles. The van der Waals surface area contributed by atoms with E-state index >= 15 is 0 Å². The molecule has 0 aliphatic rings. The number of hydrogen-bond acceptors (Lipinski definition) is 2. The summed E-state index contributed by atoms with van der Waals surface area (Å²) in [4.78, 5) is 0. The largest absolute Gasteiger partial charge is 0.388 e. The molecule has 3 N–H and O–H groups in total. The van der Waals surface area contributed by atoms with Crippen LogP contribution in [0.25, 0.3) is 0 Å². The van der Waals surface area contributed by atoms with Crippen molar-refractivity contribution in [3.63, 3.8) is 0 Å². The number of hydrogen-bond donors (Lipinski definition) is 2. The number of rotatable bonds is 3. The summed E-state index contributed by atoms with van der Waals surface area (Å²) in [5.74, 6) is -0.434. The van der Waals surface area contributed by atoms with Crippen LogP contribution in [0, 0.1) is 5.82 Å². The third-order valence-corrected chi connectivity index (χ3v) is 3.13. The van der Waals surface area contributed by atoms with E-state index < -0.39 is 5.82 Å². The van der Waals surface area contributed by atoms with Crippen molar-refractivity contribution in [2.75, 3.05) is 12.4 Å². The van der Waals surface area contributed by atoms with Crippen LogP contribution in [0.15, 0.2) is 42.5 Å². The molecule has 0 bridgehead atoms. The van der Waals surface area contributed by atoms with E-state index in [2.05, 4.69) is 5.32 Å². The molecular weight excluding hydrogens is 251 g/mol. The van der Waals surface area contributed by atoms with Gasteiger partial charge in [0.05, 0.1) is 11.1 Å². The van der Waals surface area contributed by atoms with Crippen molar-refractivity contribution >= 4 is 17.3 Å². The Bertz CT molecular complexity index is 557. The summed E-state index contributed by atoms with van der Waals surface area (Å²) < 4.78 is 13.1. The molecule has 1 atom stereocenters. The zero-order valence-electron chi connectivity index (χ0n) is 9.95. The van der Waals surface area contributed by atoms with E-state index in [0.29, 0.717) is 0 Å². The molecule has 94 valence electrons. The Morgan fingerprint density at radius 2 is 1.89 bits per heavy atom. The molecule has 0 radical (unpaired) electrons. The number of nitrogens with two attached hydrogens (primary N) is 1. The lowest BCUT2D eigenvalue weighted by Gasteiger charge is -2.14. The second kappa shape index (κ2) is 5.38. The van der Waals surface area contributed by atoms with Gasteiger partial charge in [0.2, 0.25) is 0 Å². The van der Waals surface area contributed by atoms with Gasteiger partial charge in [-0.15, -0.1) is 0 Å². The van der Waals surface area contributed by atoms with E-state index in [0.717, 1.165) is 16.8 Å². The van der Waals surface area contributed by atoms with Crippen LogP contribution >= 0.6 is 11.6 Å². The molecule has 0 aromatic heterocycles. The second-order valence-corrected chi connectivity index (χ2v) is 4.43. The van der Waals surface area contributed by atoms with Gasteiger partial charge in [0.15, 0.2) is 0 Å². The average Bonchev–Trinajstić information content (AvgIpc) is 2.41. The first-order valence-corrected chi connectivity index (χ1v) is 5.98. The SMILES string of the molecule is CNc1cccc(C(N)c2ccc(F)c(Cl)c2)c1. The van der Waals surface area contributed by atoms with Gasteiger partial charge in [-0.05, 0) is 35.4 Å². The maximum atomic E-state index is 13.1. The van der Waals surface area contributed by atoms with Gasteiger partial charge >= 0.3 is 0 Å². The lowest BCUT2D eigenvalue weighted by atomic mass is 9.99. The molecule has 2 nitrogen and oxygen atoms in total. The zero-order valence-corrected chi connectivity index (χ0v) is 10.7. The standard InChI is InChI=1S/C14H14ClFN2/c1-18-11-4-2-3-9(7-11)14(17)10-5-6-13(16)12(15)8-10/h2-8,14,18H,17H2,1H3. The van der Waals surface area contributed by atoms with Gasteiger partial charge in [0.25, 0.3) is 0 Å². The predicted octanol–water partition coefficient (Wildman–Crippen LogP) is 3.57. The van der Waals surface area contributed by atoms with Crippen LogP contribution in [0.5, 0.6) is 0 Å². The smallest absolute Gasteiger partial charge is 0.141 e. The molecule has 2 aromatic rings. The summed E-state index contributed by atoms with van der Waals surface area (Å²) in [7, 11) is 1.85. The maximum absolute atomic E-state index is 13.1. The number of halogens is 2. The molecule has 0 amide bonds. The Balaban J connectivity index is 2.34. The van der Waals surface area contributed by atoms with Gasteiger partial charge < -0.3 is 11.1 Å². The van der Waals surface area contributed by atoms with Gasteiger partial charge in [-0.2, -0.15) is 0 Å². The Kier molecular flexibility index (Phi) is 3.84. The van der Waals surface area contributed by atoms with Crippen LogP contribution in [0.3, 0.4) is 0 Å². The minimum atomic E-state index is -0.434. The first-order chi connectivity index (χ1) is 8.61. The van der Waals surface area contributed by atoms with Gasteiger partial charge in [-0.3, -0.25) is 0 Å². The van der Waals surface area contributed by atoms with Crippen molar-refractivity contribution < 1.29 is 4.39 Å². The lowest BCUT2D eigenvalue weighted by Crippen LogP contribution is -2.12. The highest BCUT2D eigenvalue weighted by Gasteiger charge is 2.11. The Morgan fingerprint density at radius 1 is 1.17 bits per heavy atom. The predicted molar refractivity (Wildman–Crippen MR) is 73.4 cm³/mol. The third kappa shape index (κ3) is 2.63. The first kappa shape index (κ1) is 12.9. The molecule has 2 rings (SSSR count). The van der Waals surface area contributed by atoms with Crippen LogP contribution in [-0.4, -0.2) is 7.05 Å². The molecule has 18 heavy (non-hydrogen) atoms. The molecule has 0 aliphatic heterocycles. The highest BCUT2D eigenvalue weighted by molar-refractivity contribution is 6.30. The summed E-state index contributed by atoms with van der Waals surface area (Å²) in [6, 6.07) is 12.0. The highest BCUT2D eigenvalue weighted by atomic mass is 35.5. The van der Waals surface area contributed by atoms with Crippen molar-refractivity contribution in [3.8, 4) is 0 Å². The molecule has 1 unspecified atom stereocenters. The van der Waals surface area contributed by atoms with Gasteiger partial charge in [0, 0.05) is 12.7 Å². The fourth-order valence-electron chi connectivity index (χ4n) is 1.79. The van der Waals surface area contributed by atoms with Crippen LogP contribution in [0.1, 0.15) is 17.2 Å². The quantitative estimate of drug-likeness (QED) is 0.889. The van der Waals surface area contributed by atoms with Gasteiger partial charge in [-0.1, -0.05) is 29.8 Å². The minimum absolute atomic E-state index is 0.0905. The van der Waals surface area contributed by atoms with E-state index in [1.807, 2.05) is 31.3 Å². The fraction of sp³-hybridized carbons (Fsp3) is 0.143. The topological polar surface area (TPSA) is 38.0 Å². The van der Waals surface area contributed by atoms with Gasteiger partial charge in [0.1, 0.15) is 5.82 Å². The fourth-order valence-corrected chi connectivity index (χ4v) is 1.97. The first-order valence-electron chi connectivity index (χ1n) is 5.60. The normalized spacial score (nSPS) is 12.2. The van der Waals surface area contributed by atoms with E-state index in [1.165, 1.54) is 6.07 Å². The number of nitrogens with one attached hydrogen (secondary N) is 1. The molecule has 0 fully saturated rings. The highest BCUT2D eigenvalue weighted by Crippen LogP contribution is 2.25. The summed E-state index contributed by atoms with van der Waals surface area (Å²) in [6.07, 6.45) is 0. The summed E-state index contributed by atoms with van der Waals surface area (Å²) in [6.45, 7) is 0. The molecule has 0 heterocycles. The van der Waals surface area contributed by atoms with E-state index in [-0.39, 0.29) is 11.1 Å². The minimum Gasteiger partial charge on any atom is -0.388 e. The molecule has 4 heteroatoms. The molecule has 0 spiro atoms. The van der Waals surface area contributed by atoms with Crippen molar-refractivity contribution in [3.05, 3.63) is 64.4 Å². The van der Waals surface area contributed by atoms with Gasteiger partial charge in [-0.25, -0.2) is 4.39 Å². The zero-order chi connectivity index (χ0) is 13.1. The maximum Gasteiger partial charge on any atom is 0.141 e. The number of benzene rings is 2. The van der Waals surface area contributed by atoms with E-state index in [9.17, 15) is 4.39 Å². The molecule has 0 saturated heterocycles. The monoisotopic (exact) mass is 264 g/mol. The van der Waals surface area contributed by atoms with Crippen LogP contribution < -0.4 is 11.1 Å². The Hall–Kier alpha value is -1.58.